The van der Waals surface area contributed by atoms with Gasteiger partial charge in [0.25, 0.3) is 0 Å². The molecule has 6 nitrogen and oxygen atoms in total. The molecular weight excluding hydrogens is 324 g/mol. The van der Waals surface area contributed by atoms with Crippen LogP contribution in [0, 0.1) is 5.41 Å². The van der Waals surface area contributed by atoms with Gasteiger partial charge in [0, 0.05) is 6.42 Å². The van der Waals surface area contributed by atoms with Crippen LogP contribution in [0.1, 0.15) is 74.7 Å². The molecule has 0 aromatic heterocycles. The summed E-state index contributed by atoms with van der Waals surface area (Å²) in [6, 6.07) is 0. The van der Waals surface area contributed by atoms with Crippen LogP contribution in [0.3, 0.4) is 0 Å². The van der Waals surface area contributed by atoms with Gasteiger partial charge in [0.1, 0.15) is 12.2 Å². The van der Waals surface area contributed by atoms with E-state index in [2.05, 4.69) is 0 Å². The van der Waals surface area contributed by atoms with Crippen LogP contribution in [0.2, 0.25) is 0 Å². The number of hydrogen-bond acceptors (Lipinski definition) is 6. The highest BCUT2D eigenvalue weighted by Gasteiger charge is 2.38. The molecule has 0 amide bonds. The quantitative estimate of drug-likeness (QED) is 0.676. The number of rotatable bonds is 6. The maximum absolute atomic E-state index is 12.1. The van der Waals surface area contributed by atoms with Gasteiger partial charge in [-0.15, -0.1) is 0 Å². The molecular formula is C19H34O6. The van der Waals surface area contributed by atoms with Crippen LogP contribution >= 0.6 is 0 Å². The van der Waals surface area contributed by atoms with Crippen molar-refractivity contribution in [2.45, 2.75) is 98.2 Å². The predicted molar refractivity (Wildman–Crippen MR) is 93.9 cm³/mol. The molecule has 1 aliphatic heterocycles. The molecule has 0 N–H and O–H groups in total. The highest BCUT2D eigenvalue weighted by Crippen LogP contribution is 2.30. The summed E-state index contributed by atoms with van der Waals surface area (Å²) < 4.78 is 22.4. The van der Waals surface area contributed by atoms with Gasteiger partial charge in [0.15, 0.2) is 5.79 Å². The van der Waals surface area contributed by atoms with E-state index in [1.54, 1.807) is 13.8 Å². The second kappa shape index (κ2) is 8.04. The van der Waals surface area contributed by atoms with Crippen molar-refractivity contribution in [2.24, 2.45) is 5.41 Å². The van der Waals surface area contributed by atoms with E-state index in [0.717, 1.165) is 0 Å². The number of ether oxygens (including phenoxy) is 4. The van der Waals surface area contributed by atoms with Gasteiger partial charge in [-0.3, -0.25) is 9.59 Å². The van der Waals surface area contributed by atoms with E-state index in [0.29, 0.717) is 12.8 Å². The summed E-state index contributed by atoms with van der Waals surface area (Å²) in [7, 11) is 0. The molecule has 6 heteroatoms. The molecule has 1 rings (SSSR count). The highest BCUT2D eigenvalue weighted by atomic mass is 16.7. The number of esters is 2. The zero-order valence-corrected chi connectivity index (χ0v) is 16.9. The summed E-state index contributed by atoms with van der Waals surface area (Å²) in [5.74, 6) is -1.40. The lowest BCUT2D eigenvalue weighted by molar-refractivity contribution is -0.305. The minimum Gasteiger partial charge on any atom is -0.463 e. The highest BCUT2D eigenvalue weighted by molar-refractivity contribution is 5.75. The van der Waals surface area contributed by atoms with Crippen LogP contribution in [-0.4, -0.2) is 42.1 Å². The average Bonchev–Trinajstić information content (AvgIpc) is 2.40. The third-order valence-corrected chi connectivity index (χ3v) is 4.08. The average molecular weight is 358 g/mol. The largest absolute Gasteiger partial charge is 0.463 e. The Morgan fingerprint density at radius 3 is 2.16 bits per heavy atom. The molecule has 0 radical (unpaired) electrons. The molecule has 0 aliphatic carbocycles. The van der Waals surface area contributed by atoms with Crippen molar-refractivity contribution in [3.8, 4) is 0 Å². The van der Waals surface area contributed by atoms with Crippen molar-refractivity contribution >= 4 is 11.9 Å². The van der Waals surface area contributed by atoms with Crippen molar-refractivity contribution in [1.29, 1.82) is 0 Å². The van der Waals surface area contributed by atoms with E-state index in [-0.39, 0.29) is 37.2 Å². The summed E-state index contributed by atoms with van der Waals surface area (Å²) >= 11 is 0. The Kier molecular flexibility index (Phi) is 7.04. The minimum absolute atomic E-state index is 0.148. The normalized spacial score (nSPS) is 23.8. The number of carbonyl (C=O) groups excluding carboxylic acids is 2. The molecule has 0 aromatic rings. The van der Waals surface area contributed by atoms with Crippen molar-refractivity contribution in [1.82, 2.24) is 0 Å². The molecule has 1 heterocycles. The van der Waals surface area contributed by atoms with Crippen LogP contribution in [0.15, 0.2) is 0 Å². The van der Waals surface area contributed by atoms with Gasteiger partial charge in [-0.2, -0.15) is 0 Å². The maximum Gasteiger partial charge on any atom is 0.311 e. The van der Waals surface area contributed by atoms with Gasteiger partial charge in [-0.05, 0) is 54.9 Å². The van der Waals surface area contributed by atoms with Crippen molar-refractivity contribution in [3.63, 3.8) is 0 Å². The third kappa shape index (κ3) is 7.74. The zero-order valence-electron chi connectivity index (χ0n) is 16.9. The van der Waals surface area contributed by atoms with Crippen LogP contribution < -0.4 is 0 Å². The molecule has 25 heavy (non-hydrogen) atoms. The Labute approximate surface area is 151 Å². The van der Waals surface area contributed by atoms with Crippen LogP contribution in [0.25, 0.3) is 0 Å². The first-order valence-electron chi connectivity index (χ1n) is 8.99. The monoisotopic (exact) mass is 358 g/mol. The van der Waals surface area contributed by atoms with Gasteiger partial charge in [0.05, 0.1) is 24.0 Å². The molecule has 146 valence electrons. The van der Waals surface area contributed by atoms with E-state index in [1.165, 1.54) is 0 Å². The van der Waals surface area contributed by atoms with Gasteiger partial charge in [-0.25, -0.2) is 0 Å². The van der Waals surface area contributed by atoms with Crippen molar-refractivity contribution < 1.29 is 28.5 Å². The first-order valence-corrected chi connectivity index (χ1v) is 8.99. The lowest BCUT2D eigenvalue weighted by Gasteiger charge is -2.40. The van der Waals surface area contributed by atoms with Crippen LogP contribution in [-0.2, 0) is 28.5 Å². The standard InChI is InChI=1S/C19H34O6/c1-9-18(5,6)16(21)22-12-14-10-13(23-19(7,8)24-14)11-15(20)25-17(2,3)4/h13-14H,9-12H2,1-8H3. The Morgan fingerprint density at radius 2 is 1.64 bits per heavy atom. The smallest absolute Gasteiger partial charge is 0.311 e. The molecule has 2 unspecified atom stereocenters. The first kappa shape index (κ1) is 21.9. The van der Waals surface area contributed by atoms with Gasteiger partial charge < -0.3 is 18.9 Å². The van der Waals surface area contributed by atoms with E-state index in [4.69, 9.17) is 18.9 Å². The Bertz CT molecular complexity index is 475. The molecule has 0 saturated carbocycles. The predicted octanol–water partition coefficient (Wildman–Crippen LogP) is 3.61. The molecule has 2 atom stereocenters. The van der Waals surface area contributed by atoms with E-state index < -0.39 is 16.8 Å². The fourth-order valence-corrected chi connectivity index (χ4v) is 2.52. The number of hydrogen-bond donors (Lipinski definition) is 0. The maximum atomic E-state index is 12.1. The Hall–Kier alpha value is -1.14. The van der Waals surface area contributed by atoms with E-state index in [9.17, 15) is 9.59 Å². The Morgan fingerprint density at radius 1 is 1.08 bits per heavy atom. The van der Waals surface area contributed by atoms with Crippen molar-refractivity contribution in [3.05, 3.63) is 0 Å². The molecule has 1 aliphatic rings. The van der Waals surface area contributed by atoms with Gasteiger partial charge in [-0.1, -0.05) is 6.92 Å². The molecule has 0 aromatic carbocycles. The summed E-state index contributed by atoms with van der Waals surface area (Å²) in [5.41, 5.74) is -1.05. The van der Waals surface area contributed by atoms with Gasteiger partial charge >= 0.3 is 11.9 Å². The summed E-state index contributed by atoms with van der Waals surface area (Å²) in [5, 5.41) is 0. The summed E-state index contributed by atoms with van der Waals surface area (Å²) in [4.78, 5) is 24.2. The molecule has 1 saturated heterocycles. The zero-order chi connectivity index (χ0) is 19.5. The fourth-order valence-electron chi connectivity index (χ4n) is 2.52. The second-order valence-corrected chi connectivity index (χ2v) is 8.74. The fraction of sp³-hybridized carbons (Fsp3) is 0.895. The summed E-state index contributed by atoms with van der Waals surface area (Å²) in [6.07, 6.45) is 0.680. The lowest BCUT2D eigenvalue weighted by atomic mass is 9.91. The molecule has 0 spiro atoms. The molecule has 1 fully saturated rings. The van der Waals surface area contributed by atoms with Crippen LogP contribution in [0.4, 0.5) is 0 Å². The minimum atomic E-state index is -0.845. The van der Waals surface area contributed by atoms with Crippen molar-refractivity contribution in [2.75, 3.05) is 6.61 Å². The van der Waals surface area contributed by atoms with E-state index in [1.807, 2.05) is 41.5 Å². The van der Waals surface area contributed by atoms with Gasteiger partial charge in [0.2, 0.25) is 0 Å². The van der Waals surface area contributed by atoms with E-state index >= 15 is 0 Å². The SMILES string of the molecule is CCC(C)(C)C(=O)OCC1CC(CC(=O)OC(C)(C)C)OC(C)(C)O1. The summed E-state index contributed by atoms with van der Waals surface area (Å²) in [6.45, 7) is 14.9. The lowest BCUT2D eigenvalue weighted by Crippen LogP contribution is -2.47. The topological polar surface area (TPSA) is 71.1 Å². The second-order valence-electron chi connectivity index (χ2n) is 8.74. The first-order chi connectivity index (χ1) is 11.2. The number of carbonyl (C=O) groups is 2. The third-order valence-electron chi connectivity index (χ3n) is 4.08. The van der Waals surface area contributed by atoms with Crippen LogP contribution in [0.5, 0.6) is 0 Å². The molecule has 0 bridgehead atoms. The Balaban J connectivity index is 2.62.